The average molecular weight is 141 g/mol. The first kappa shape index (κ1) is 5.66. The molecule has 2 rings (SSSR count). The van der Waals surface area contributed by atoms with Crippen molar-refractivity contribution < 1.29 is 0 Å². The van der Waals surface area contributed by atoms with Crippen LogP contribution in [0.1, 0.15) is 19.3 Å². The quantitative estimate of drug-likeness (QED) is 0.551. The van der Waals surface area contributed by atoms with Gasteiger partial charge in [0, 0.05) is 22.9 Å². The van der Waals surface area contributed by atoms with Gasteiger partial charge in [-0.15, -0.1) is 11.8 Å². The largest absolute Gasteiger partial charge is 0.387 e. The van der Waals surface area contributed by atoms with Gasteiger partial charge in [-0.1, -0.05) is 0 Å². The molecule has 9 heavy (non-hydrogen) atoms. The summed E-state index contributed by atoms with van der Waals surface area (Å²) in [7, 11) is 0. The monoisotopic (exact) mass is 141 g/mol. The molecular formula is C7H11NS. The molecule has 0 aromatic carbocycles. The first-order valence-electron chi connectivity index (χ1n) is 3.55. The third kappa shape index (κ3) is 0.960. The third-order valence-electron chi connectivity index (χ3n) is 1.88. The lowest BCUT2D eigenvalue weighted by Gasteiger charge is -2.15. The molecule has 1 aliphatic carbocycles. The molecule has 0 amide bonds. The SMILES string of the molecule is C1CC2=C(C1)SCCN2. The van der Waals surface area contributed by atoms with E-state index in [-0.39, 0.29) is 0 Å². The van der Waals surface area contributed by atoms with Crippen molar-refractivity contribution in [3.05, 3.63) is 10.6 Å². The van der Waals surface area contributed by atoms with Crippen LogP contribution in [0.15, 0.2) is 10.6 Å². The first-order valence-corrected chi connectivity index (χ1v) is 4.54. The second-order valence-corrected chi connectivity index (χ2v) is 3.72. The maximum atomic E-state index is 3.44. The van der Waals surface area contributed by atoms with Gasteiger partial charge < -0.3 is 5.32 Å². The van der Waals surface area contributed by atoms with E-state index >= 15 is 0 Å². The molecule has 50 valence electrons. The van der Waals surface area contributed by atoms with E-state index in [4.69, 9.17) is 0 Å². The van der Waals surface area contributed by atoms with Crippen LogP contribution in [-0.4, -0.2) is 12.3 Å². The van der Waals surface area contributed by atoms with Gasteiger partial charge in [0.15, 0.2) is 0 Å². The summed E-state index contributed by atoms with van der Waals surface area (Å²) in [5, 5.41) is 3.44. The molecule has 0 aromatic rings. The molecule has 0 spiro atoms. The van der Waals surface area contributed by atoms with E-state index in [1.807, 2.05) is 0 Å². The zero-order chi connectivity index (χ0) is 6.10. The predicted molar refractivity (Wildman–Crippen MR) is 41.3 cm³/mol. The Kier molecular flexibility index (Phi) is 1.42. The minimum atomic E-state index is 1.18. The van der Waals surface area contributed by atoms with E-state index in [2.05, 4.69) is 17.1 Å². The van der Waals surface area contributed by atoms with Gasteiger partial charge in [0.25, 0.3) is 0 Å². The van der Waals surface area contributed by atoms with Crippen LogP contribution >= 0.6 is 11.8 Å². The third-order valence-corrected chi connectivity index (χ3v) is 3.09. The fraction of sp³-hybridized carbons (Fsp3) is 0.714. The molecule has 0 radical (unpaired) electrons. The standard InChI is InChI=1S/C7H11NS/c1-2-6-7(3-1)9-5-4-8-6/h8H,1-5H2. The van der Waals surface area contributed by atoms with Crippen molar-refractivity contribution in [3.63, 3.8) is 0 Å². The summed E-state index contributed by atoms with van der Waals surface area (Å²) in [6.45, 7) is 1.18. The summed E-state index contributed by atoms with van der Waals surface area (Å²) < 4.78 is 0. The number of thioether (sulfide) groups is 1. The van der Waals surface area contributed by atoms with Crippen LogP contribution in [0.5, 0.6) is 0 Å². The lowest BCUT2D eigenvalue weighted by Crippen LogP contribution is -2.19. The van der Waals surface area contributed by atoms with Crippen molar-refractivity contribution in [2.75, 3.05) is 12.3 Å². The van der Waals surface area contributed by atoms with E-state index in [1.54, 1.807) is 10.6 Å². The lowest BCUT2D eigenvalue weighted by molar-refractivity contribution is 0.793. The second kappa shape index (κ2) is 2.25. The van der Waals surface area contributed by atoms with E-state index < -0.39 is 0 Å². The molecule has 0 fully saturated rings. The van der Waals surface area contributed by atoms with Gasteiger partial charge in [0.1, 0.15) is 0 Å². The topological polar surface area (TPSA) is 12.0 Å². The van der Waals surface area contributed by atoms with Crippen molar-refractivity contribution in [2.24, 2.45) is 0 Å². The number of nitrogens with one attached hydrogen (secondary N) is 1. The van der Waals surface area contributed by atoms with Crippen molar-refractivity contribution in [1.29, 1.82) is 0 Å². The van der Waals surface area contributed by atoms with Gasteiger partial charge in [-0.25, -0.2) is 0 Å². The van der Waals surface area contributed by atoms with Gasteiger partial charge in [0.05, 0.1) is 0 Å². The molecule has 0 aromatic heterocycles. The van der Waals surface area contributed by atoms with Crippen molar-refractivity contribution >= 4 is 11.8 Å². The lowest BCUT2D eigenvalue weighted by atomic mass is 10.3. The number of hydrogen-bond acceptors (Lipinski definition) is 2. The summed E-state index contributed by atoms with van der Waals surface area (Å²) in [6, 6.07) is 0. The average Bonchev–Trinajstić information content (AvgIpc) is 2.33. The van der Waals surface area contributed by atoms with Gasteiger partial charge in [-0.2, -0.15) is 0 Å². The predicted octanol–water partition coefficient (Wildman–Crippen LogP) is 1.72. The zero-order valence-electron chi connectivity index (χ0n) is 5.44. The molecular weight excluding hydrogens is 130 g/mol. The van der Waals surface area contributed by atoms with E-state index in [0.717, 1.165) is 0 Å². The van der Waals surface area contributed by atoms with E-state index in [1.165, 1.54) is 31.6 Å². The molecule has 2 aliphatic rings. The highest BCUT2D eigenvalue weighted by Crippen LogP contribution is 2.34. The van der Waals surface area contributed by atoms with Crippen molar-refractivity contribution in [1.82, 2.24) is 5.32 Å². The maximum absolute atomic E-state index is 3.44. The van der Waals surface area contributed by atoms with Crippen LogP contribution in [0.4, 0.5) is 0 Å². The Hall–Kier alpha value is -0.110. The molecule has 1 nitrogen and oxygen atoms in total. The summed E-state index contributed by atoms with van der Waals surface area (Å²) in [5.41, 5.74) is 1.55. The van der Waals surface area contributed by atoms with Crippen molar-refractivity contribution in [3.8, 4) is 0 Å². The first-order chi connectivity index (χ1) is 4.47. The molecule has 0 saturated carbocycles. The highest BCUT2D eigenvalue weighted by atomic mass is 32.2. The Morgan fingerprint density at radius 2 is 2.33 bits per heavy atom. The fourth-order valence-electron chi connectivity index (χ4n) is 1.44. The van der Waals surface area contributed by atoms with Crippen LogP contribution < -0.4 is 5.32 Å². The minimum Gasteiger partial charge on any atom is -0.387 e. The molecule has 2 heteroatoms. The van der Waals surface area contributed by atoms with Crippen LogP contribution in [0.3, 0.4) is 0 Å². The summed E-state index contributed by atoms with van der Waals surface area (Å²) in [6.07, 6.45) is 4.03. The smallest absolute Gasteiger partial charge is 0.0238 e. The molecule has 1 aliphatic heterocycles. The molecule has 1 N–H and O–H groups in total. The van der Waals surface area contributed by atoms with Crippen LogP contribution in [0.25, 0.3) is 0 Å². The highest BCUT2D eigenvalue weighted by Gasteiger charge is 2.17. The van der Waals surface area contributed by atoms with Crippen LogP contribution in [-0.2, 0) is 0 Å². The minimum absolute atomic E-state index is 1.18. The van der Waals surface area contributed by atoms with E-state index in [9.17, 15) is 0 Å². The molecule has 0 saturated heterocycles. The van der Waals surface area contributed by atoms with Gasteiger partial charge >= 0.3 is 0 Å². The van der Waals surface area contributed by atoms with Gasteiger partial charge in [0.2, 0.25) is 0 Å². The summed E-state index contributed by atoms with van der Waals surface area (Å²) in [4.78, 5) is 1.64. The number of allylic oxidation sites excluding steroid dienone is 2. The van der Waals surface area contributed by atoms with Gasteiger partial charge in [-0.3, -0.25) is 0 Å². The Balaban J connectivity index is 2.17. The second-order valence-electron chi connectivity index (χ2n) is 2.53. The maximum Gasteiger partial charge on any atom is 0.0238 e. The summed E-state index contributed by atoms with van der Waals surface area (Å²) >= 11 is 2.05. The number of rotatable bonds is 0. The van der Waals surface area contributed by atoms with Crippen molar-refractivity contribution in [2.45, 2.75) is 19.3 Å². The zero-order valence-corrected chi connectivity index (χ0v) is 6.26. The van der Waals surface area contributed by atoms with Gasteiger partial charge in [-0.05, 0) is 19.3 Å². The Labute approximate surface area is 59.9 Å². The van der Waals surface area contributed by atoms with E-state index in [0.29, 0.717) is 0 Å². The normalized spacial score (nSPS) is 25.8. The fourth-order valence-corrected chi connectivity index (χ4v) is 2.53. The molecule has 0 unspecified atom stereocenters. The summed E-state index contributed by atoms with van der Waals surface area (Å²) in [5.74, 6) is 1.28. The molecule has 1 heterocycles. The van der Waals surface area contributed by atoms with Crippen LogP contribution in [0.2, 0.25) is 0 Å². The molecule has 0 atom stereocenters. The number of hydrogen-bond donors (Lipinski definition) is 1. The Bertz CT molecular complexity index is 135. The highest BCUT2D eigenvalue weighted by molar-refractivity contribution is 8.03. The Morgan fingerprint density at radius 1 is 1.33 bits per heavy atom. The Morgan fingerprint density at radius 3 is 3.22 bits per heavy atom. The molecule has 0 bridgehead atoms. The van der Waals surface area contributed by atoms with Crippen LogP contribution in [0, 0.1) is 0 Å².